The summed E-state index contributed by atoms with van der Waals surface area (Å²) >= 11 is 0. The van der Waals surface area contributed by atoms with Crippen molar-refractivity contribution in [2.45, 2.75) is 231 Å². The van der Waals surface area contributed by atoms with Crippen LogP contribution in [0.15, 0.2) is 12.7 Å². The van der Waals surface area contributed by atoms with Crippen molar-refractivity contribution in [3.05, 3.63) is 12.7 Å². The molecule has 0 aliphatic rings. The average molecular weight is 686 g/mol. The van der Waals surface area contributed by atoms with Crippen molar-refractivity contribution >= 4 is 7.60 Å². The molecule has 0 aliphatic carbocycles. The van der Waals surface area contributed by atoms with Gasteiger partial charge < -0.3 is 19.8 Å². The quantitative estimate of drug-likeness (QED) is 0.0340. The Morgan fingerprint density at radius 1 is 0.532 bits per heavy atom. The molecule has 0 radical (unpaired) electrons. The SMILES string of the molecule is C=CCNCC(CCCCCCCCCCCCCCCCCC)(OCCCCCCCCCCCCCCCCCC)P(=O)(O)O. The Morgan fingerprint density at radius 3 is 1.13 bits per heavy atom. The van der Waals surface area contributed by atoms with Gasteiger partial charge in [-0.3, -0.25) is 4.57 Å². The maximum absolute atomic E-state index is 12.7. The first-order valence-electron chi connectivity index (χ1n) is 20.9. The molecule has 0 bridgehead atoms. The summed E-state index contributed by atoms with van der Waals surface area (Å²) in [7, 11) is -4.45. The Kier molecular flexibility index (Phi) is 35.5. The van der Waals surface area contributed by atoms with Crippen LogP contribution in [0, 0.1) is 0 Å². The van der Waals surface area contributed by atoms with Gasteiger partial charge in [0.1, 0.15) is 0 Å². The third kappa shape index (κ3) is 30.4. The summed E-state index contributed by atoms with van der Waals surface area (Å²) in [4.78, 5) is 20.8. The third-order valence-electron chi connectivity index (χ3n) is 10.0. The Hall–Kier alpha value is -0.190. The fraction of sp³-hybridized carbons (Fsp3) is 0.951. The molecule has 0 amide bonds. The Bertz CT molecular complexity index is 684. The highest BCUT2D eigenvalue weighted by atomic mass is 31.2. The van der Waals surface area contributed by atoms with E-state index in [1.54, 1.807) is 6.08 Å². The zero-order valence-electron chi connectivity index (χ0n) is 31.9. The van der Waals surface area contributed by atoms with Gasteiger partial charge in [0, 0.05) is 19.7 Å². The minimum Gasteiger partial charge on any atom is -0.361 e. The lowest BCUT2D eigenvalue weighted by Gasteiger charge is -2.35. The molecule has 1 atom stereocenters. The van der Waals surface area contributed by atoms with Gasteiger partial charge in [0.05, 0.1) is 0 Å². The summed E-state index contributed by atoms with van der Waals surface area (Å²) in [6.45, 7) is 9.40. The van der Waals surface area contributed by atoms with E-state index in [1.807, 2.05) is 0 Å². The molecule has 0 aromatic rings. The monoisotopic (exact) mass is 686 g/mol. The molecule has 0 aromatic carbocycles. The molecule has 0 saturated heterocycles. The van der Waals surface area contributed by atoms with Crippen LogP contribution in [-0.2, 0) is 9.30 Å². The van der Waals surface area contributed by atoms with Gasteiger partial charge in [0.2, 0.25) is 0 Å². The van der Waals surface area contributed by atoms with Crippen LogP contribution in [0.1, 0.15) is 226 Å². The molecule has 0 rings (SSSR count). The summed E-state index contributed by atoms with van der Waals surface area (Å²) < 4.78 is 18.9. The highest BCUT2D eigenvalue weighted by Gasteiger charge is 2.47. The van der Waals surface area contributed by atoms with E-state index in [0.717, 1.165) is 32.1 Å². The maximum Gasteiger partial charge on any atom is 0.358 e. The van der Waals surface area contributed by atoms with Crippen LogP contribution in [0.4, 0.5) is 0 Å². The maximum atomic E-state index is 12.7. The van der Waals surface area contributed by atoms with Crippen molar-refractivity contribution in [1.29, 1.82) is 0 Å². The van der Waals surface area contributed by atoms with Crippen LogP contribution in [0.3, 0.4) is 0 Å². The molecule has 0 aliphatic heterocycles. The summed E-state index contributed by atoms with van der Waals surface area (Å²) in [5, 5.41) is 1.73. The van der Waals surface area contributed by atoms with Gasteiger partial charge in [-0.1, -0.05) is 213 Å². The van der Waals surface area contributed by atoms with E-state index in [2.05, 4.69) is 25.7 Å². The number of hydrogen-bond donors (Lipinski definition) is 3. The highest BCUT2D eigenvalue weighted by Crippen LogP contribution is 2.54. The second-order valence-electron chi connectivity index (χ2n) is 14.6. The molecule has 282 valence electrons. The molecule has 0 saturated carbocycles. The summed E-state index contributed by atoms with van der Waals surface area (Å²) in [5.41, 5.74) is 0. The van der Waals surface area contributed by atoms with Crippen LogP contribution < -0.4 is 5.32 Å². The van der Waals surface area contributed by atoms with Crippen LogP contribution in [0.2, 0.25) is 0 Å². The first-order chi connectivity index (χ1) is 22.9. The van der Waals surface area contributed by atoms with Crippen molar-refractivity contribution in [2.24, 2.45) is 0 Å². The van der Waals surface area contributed by atoms with Gasteiger partial charge in [-0.15, -0.1) is 6.58 Å². The zero-order valence-corrected chi connectivity index (χ0v) is 32.8. The first-order valence-corrected chi connectivity index (χ1v) is 22.6. The van der Waals surface area contributed by atoms with E-state index in [-0.39, 0.29) is 6.54 Å². The van der Waals surface area contributed by atoms with Crippen molar-refractivity contribution < 1.29 is 19.1 Å². The predicted octanol–water partition coefficient (Wildman–Crippen LogP) is 13.6. The van der Waals surface area contributed by atoms with Crippen molar-refractivity contribution in [3.63, 3.8) is 0 Å². The molecular formula is C41H84NO4P. The molecule has 5 nitrogen and oxygen atoms in total. The predicted molar refractivity (Wildman–Crippen MR) is 208 cm³/mol. The topological polar surface area (TPSA) is 78.8 Å². The largest absolute Gasteiger partial charge is 0.361 e. The Labute approximate surface area is 294 Å². The summed E-state index contributed by atoms with van der Waals surface area (Å²) in [6, 6.07) is 0. The van der Waals surface area contributed by atoms with Crippen molar-refractivity contribution in [3.8, 4) is 0 Å². The molecule has 0 spiro atoms. The summed E-state index contributed by atoms with van der Waals surface area (Å²) in [5.74, 6) is 0. The van der Waals surface area contributed by atoms with Crippen LogP contribution in [0.25, 0.3) is 0 Å². The van der Waals surface area contributed by atoms with Crippen LogP contribution in [0.5, 0.6) is 0 Å². The lowest BCUT2D eigenvalue weighted by molar-refractivity contribution is -0.00923. The van der Waals surface area contributed by atoms with Crippen LogP contribution in [-0.4, -0.2) is 34.8 Å². The zero-order chi connectivity index (χ0) is 34.6. The lowest BCUT2D eigenvalue weighted by Crippen LogP contribution is -2.43. The molecule has 47 heavy (non-hydrogen) atoms. The van der Waals surface area contributed by atoms with E-state index in [1.165, 1.54) is 173 Å². The number of unbranched alkanes of at least 4 members (excludes halogenated alkanes) is 30. The smallest absolute Gasteiger partial charge is 0.358 e. The van der Waals surface area contributed by atoms with Gasteiger partial charge in [0.15, 0.2) is 5.34 Å². The fourth-order valence-corrected chi connectivity index (χ4v) is 7.80. The molecular weight excluding hydrogens is 601 g/mol. The van der Waals surface area contributed by atoms with Gasteiger partial charge in [-0.05, 0) is 19.3 Å². The molecule has 3 N–H and O–H groups in total. The first kappa shape index (κ1) is 46.8. The second-order valence-corrected chi connectivity index (χ2v) is 16.5. The fourth-order valence-electron chi connectivity index (χ4n) is 6.78. The minimum atomic E-state index is -4.45. The van der Waals surface area contributed by atoms with Gasteiger partial charge in [-0.2, -0.15) is 0 Å². The van der Waals surface area contributed by atoms with E-state index in [0.29, 0.717) is 19.6 Å². The van der Waals surface area contributed by atoms with E-state index >= 15 is 0 Å². The molecule has 0 aromatic heterocycles. The molecule has 1 unspecified atom stereocenters. The van der Waals surface area contributed by atoms with Crippen molar-refractivity contribution in [1.82, 2.24) is 5.32 Å². The number of rotatable bonds is 40. The van der Waals surface area contributed by atoms with E-state index < -0.39 is 12.9 Å². The molecule has 0 heterocycles. The highest BCUT2D eigenvalue weighted by molar-refractivity contribution is 7.53. The van der Waals surface area contributed by atoms with Crippen molar-refractivity contribution in [2.75, 3.05) is 19.7 Å². The standard InChI is InChI=1S/C41H84NO4P/c1-4-7-9-11-13-15-17-19-21-23-25-27-29-31-33-35-37-41(47(43,44)45,40-42-38-6-3)46-39-36-34-32-30-28-26-24-22-20-18-16-14-12-10-8-5-2/h6,42H,3-5,7-40H2,1-2H3,(H2,43,44,45). The number of hydrogen-bond acceptors (Lipinski definition) is 3. The number of nitrogens with one attached hydrogen (secondary N) is 1. The van der Waals surface area contributed by atoms with E-state index in [9.17, 15) is 14.4 Å². The van der Waals surface area contributed by atoms with E-state index in [4.69, 9.17) is 4.74 Å². The Balaban J connectivity index is 4.05. The molecule has 6 heteroatoms. The number of ether oxygens (including phenoxy) is 1. The normalized spacial score (nSPS) is 13.3. The van der Waals surface area contributed by atoms with Gasteiger partial charge in [-0.25, -0.2) is 0 Å². The minimum absolute atomic E-state index is 0.168. The van der Waals surface area contributed by atoms with Gasteiger partial charge >= 0.3 is 7.60 Å². The van der Waals surface area contributed by atoms with Crippen LogP contribution >= 0.6 is 7.60 Å². The second kappa shape index (κ2) is 35.6. The average Bonchev–Trinajstić information content (AvgIpc) is 3.05. The lowest BCUT2D eigenvalue weighted by atomic mass is 10.0. The molecule has 0 fully saturated rings. The third-order valence-corrected chi connectivity index (χ3v) is 11.6. The Morgan fingerprint density at radius 2 is 0.830 bits per heavy atom. The summed E-state index contributed by atoms with van der Waals surface area (Å²) in [6.07, 6.45) is 43.7. The van der Waals surface area contributed by atoms with Gasteiger partial charge in [0.25, 0.3) is 0 Å².